The van der Waals surface area contributed by atoms with E-state index in [1.54, 1.807) is 12.1 Å². The van der Waals surface area contributed by atoms with E-state index in [-0.39, 0.29) is 12.7 Å². The van der Waals surface area contributed by atoms with Crippen LogP contribution in [0.4, 0.5) is 0 Å². The van der Waals surface area contributed by atoms with E-state index in [1.165, 1.54) is 0 Å². The predicted molar refractivity (Wildman–Crippen MR) is 111 cm³/mol. The summed E-state index contributed by atoms with van der Waals surface area (Å²) in [4.78, 5) is 0. The largest absolute Gasteiger partial charge is 0.488 e. The molecule has 31 heavy (non-hydrogen) atoms. The first kappa shape index (κ1) is 21.2. The molecule has 3 fully saturated rings. The zero-order valence-corrected chi connectivity index (χ0v) is 17.6. The fourth-order valence-corrected chi connectivity index (χ4v) is 4.61. The minimum absolute atomic E-state index is 0.0375. The maximum absolute atomic E-state index is 10.6. The van der Waals surface area contributed by atoms with Crippen LogP contribution >= 0.6 is 11.6 Å². The van der Waals surface area contributed by atoms with E-state index in [2.05, 4.69) is 0 Å². The molecule has 3 saturated heterocycles. The maximum Gasteiger partial charge on any atom is 0.225 e. The van der Waals surface area contributed by atoms with Gasteiger partial charge in [-0.1, -0.05) is 29.8 Å². The number of ether oxygens (including phenoxy) is 4. The second-order valence-electron chi connectivity index (χ2n) is 8.29. The standard InChI is InChI=1S/C23H25ClO7/c24-18-6-3-15(23-22(27)20(26)21(31-23)19(25)12-29-23)10-14(18)9-13-1-4-16(5-2-13)30-17-7-8-28-11-17/h1-6,10,17,19-22,25-27H,7-9,11-12H2/t17-,19-,20+,21?,22-,23?/m1/s1. The summed E-state index contributed by atoms with van der Waals surface area (Å²) in [6.45, 7) is 1.32. The van der Waals surface area contributed by atoms with Crippen molar-refractivity contribution in [2.75, 3.05) is 19.8 Å². The highest BCUT2D eigenvalue weighted by atomic mass is 35.5. The first-order chi connectivity index (χ1) is 15.0. The van der Waals surface area contributed by atoms with Gasteiger partial charge in [0.2, 0.25) is 5.79 Å². The van der Waals surface area contributed by atoms with Crippen LogP contribution < -0.4 is 4.74 Å². The van der Waals surface area contributed by atoms with Gasteiger partial charge >= 0.3 is 0 Å². The van der Waals surface area contributed by atoms with Gasteiger partial charge in [0, 0.05) is 17.0 Å². The van der Waals surface area contributed by atoms with E-state index in [1.807, 2.05) is 30.3 Å². The average molecular weight is 449 g/mol. The van der Waals surface area contributed by atoms with Crippen LogP contribution in [0.3, 0.4) is 0 Å². The summed E-state index contributed by atoms with van der Waals surface area (Å²) >= 11 is 6.44. The quantitative estimate of drug-likeness (QED) is 0.641. The molecule has 3 aliphatic heterocycles. The number of benzene rings is 2. The van der Waals surface area contributed by atoms with Crippen LogP contribution in [0, 0.1) is 0 Å². The van der Waals surface area contributed by atoms with Gasteiger partial charge in [-0.15, -0.1) is 0 Å². The van der Waals surface area contributed by atoms with Crippen LogP contribution in [0.25, 0.3) is 0 Å². The Kier molecular flexibility index (Phi) is 5.68. The lowest BCUT2D eigenvalue weighted by Gasteiger charge is -2.37. The summed E-state index contributed by atoms with van der Waals surface area (Å²) < 4.78 is 22.7. The van der Waals surface area contributed by atoms with Gasteiger partial charge in [0.05, 0.1) is 19.8 Å². The van der Waals surface area contributed by atoms with E-state index in [4.69, 9.17) is 30.5 Å². The molecule has 3 N–H and O–H groups in total. The lowest BCUT2D eigenvalue weighted by Crippen LogP contribution is -2.46. The van der Waals surface area contributed by atoms with Crippen molar-refractivity contribution in [2.45, 2.75) is 49.1 Å². The smallest absolute Gasteiger partial charge is 0.225 e. The van der Waals surface area contributed by atoms with Crippen molar-refractivity contribution in [3.05, 3.63) is 64.2 Å². The summed E-state index contributed by atoms with van der Waals surface area (Å²) in [7, 11) is 0. The zero-order valence-electron chi connectivity index (χ0n) is 16.8. The van der Waals surface area contributed by atoms with Crippen LogP contribution in [0.1, 0.15) is 23.1 Å². The summed E-state index contributed by atoms with van der Waals surface area (Å²) in [5.74, 6) is -0.723. The molecule has 0 aliphatic carbocycles. The predicted octanol–water partition coefficient (Wildman–Crippen LogP) is 1.76. The number of aliphatic hydroxyl groups excluding tert-OH is 3. The second-order valence-corrected chi connectivity index (χ2v) is 8.70. The molecule has 0 aromatic heterocycles. The Hall–Kier alpha value is -1.71. The topological polar surface area (TPSA) is 97.6 Å². The van der Waals surface area contributed by atoms with Gasteiger partial charge in [-0.3, -0.25) is 0 Å². The molecule has 3 aliphatic rings. The van der Waals surface area contributed by atoms with Gasteiger partial charge in [0.1, 0.15) is 36.3 Å². The van der Waals surface area contributed by atoms with Gasteiger partial charge in [-0.2, -0.15) is 0 Å². The molecule has 0 saturated carbocycles. The van der Waals surface area contributed by atoms with Crippen LogP contribution in [-0.4, -0.2) is 65.7 Å². The monoisotopic (exact) mass is 448 g/mol. The third kappa shape index (κ3) is 3.85. The summed E-state index contributed by atoms with van der Waals surface area (Å²) in [6.07, 6.45) is -2.91. The first-order valence-corrected chi connectivity index (χ1v) is 10.8. The first-order valence-electron chi connectivity index (χ1n) is 10.4. The van der Waals surface area contributed by atoms with Crippen molar-refractivity contribution in [3.8, 4) is 5.75 Å². The summed E-state index contributed by atoms with van der Waals surface area (Å²) in [6, 6.07) is 13.1. The minimum atomic E-state index is -1.52. The molecule has 5 rings (SSSR count). The number of aliphatic hydroxyl groups is 3. The molecule has 2 bridgehead atoms. The average Bonchev–Trinajstić information content (AvgIpc) is 3.36. The molecule has 8 heteroatoms. The third-order valence-corrected chi connectivity index (χ3v) is 6.53. The summed E-state index contributed by atoms with van der Waals surface area (Å²) in [5.41, 5.74) is 2.42. The minimum Gasteiger partial charge on any atom is -0.488 e. The molecule has 166 valence electrons. The Labute approximate surface area is 185 Å². The number of hydrogen-bond donors (Lipinski definition) is 3. The van der Waals surface area contributed by atoms with Gasteiger partial charge in [0.25, 0.3) is 0 Å². The Morgan fingerprint density at radius 1 is 1.06 bits per heavy atom. The van der Waals surface area contributed by atoms with Crippen LogP contribution in [0.15, 0.2) is 42.5 Å². The molecule has 0 radical (unpaired) electrons. The number of hydrogen-bond acceptors (Lipinski definition) is 7. The van der Waals surface area contributed by atoms with Crippen molar-refractivity contribution < 1.29 is 34.3 Å². The molecule has 7 nitrogen and oxygen atoms in total. The van der Waals surface area contributed by atoms with Gasteiger partial charge in [-0.25, -0.2) is 0 Å². The number of fused-ring (bicyclic) bond motifs is 2. The fourth-order valence-electron chi connectivity index (χ4n) is 4.43. The van der Waals surface area contributed by atoms with E-state index in [0.29, 0.717) is 23.6 Å². The van der Waals surface area contributed by atoms with Crippen molar-refractivity contribution in [1.29, 1.82) is 0 Å². The third-order valence-electron chi connectivity index (χ3n) is 6.17. The van der Waals surface area contributed by atoms with Gasteiger partial charge in [0.15, 0.2) is 0 Å². The fraction of sp³-hybridized carbons (Fsp3) is 0.478. The zero-order chi connectivity index (χ0) is 21.6. The molecule has 2 aromatic carbocycles. The number of rotatable bonds is 5. The molecular formula is C23H25ClO7. The van der Waals surface area contributed by atoms with Crippen molar-refractivity contribution in [2.24, 2.45) is 0 Å². The number of halogens is 1. The van der Waals surface area contributed by atoms with Gasteiger partial charge < -0.3 is 34.3 Å². The normalized spacial score (nSPS) is 34.8. The van der Waals surface area contributed by atoms with Crippen molar-refractivity contribution in [3.63, 3.8) is 0 Å². The van der Waals surface area contributed by atoms with Crippen molar-refractivity contribution in [1.82, 2.24) is 0 Å². The molecule has 2 aromatic rings. The van der Waals surface area contributed by atoms with Gasteiger partial charge in [-0.05, 0) is 41.8 Å². The highest BCUT2D eigenvalue weighted by Crippen LogP contribution is 2.46. The molecule has 0 spiro atoms. The van der Waals surface area contributed by atoms with Crippen LogP contribution in [-0.2, 0) is 26.4 Å². The molecule has 2 unspecified atom stereocenters. The molecular weight excluding hydrogens is 424 g/mol. The molecule has 0 amide bonds. The lowest BCUT2D eigenvalue weighted by molar-refractivity contribution is -0.316. The van der Waals surface area contributed by atoms with E-state index >= 15 is 0 Å². The lowest BCUT2D eigenvalue weighted by atomic mass is 9.94. The SMILES string of the molecule is O[C@@H]1COC2(c3ccc(Cl)c(Cc4ccc(O[C@@H]5CCOC5)cc4)c3)OC1[C@H](O)[C@H]2O. The van der Waals surface area contributed by atoms with E-state index < -0.39 is 30.2 Å². The molecule has 6 atom stereocenters. The Morgan fingerprint density at radius 3 is 2.61 bits per heavy atom. The highest BCUT2D eigenvalue weighted by molar-refractivity contribution is 6.31. The summed E-state index contributed by atoms with van der Waals surface area (Å²) in [5, 5.41) is 31.5. The molecule has 3 heterocycles. The highest BCUT2D eigenvalue weighted by Gasteiger charge is 2.61. The Bertz CT molecular complexity index is 930. The van der Waals surface area contributed by atoms with E-state index in [9.17, 15) is 15.3 Å². The van der Waals surface area contributed by atoms with E-state index in [0.717, 1.165) is 29.9 Å². The maximum atomic E-state index is 10.6. The second kappa shape index (κ2) is 8.33. The Morgan fingerprint density at radius 2 is 1.87 bits per heavy atom. The van der Waals surface area contributed by atoms with Crippen molar-refractivity contribution >= 4 is 11.6 Å². The Balaban J connectivity index is 1.36. The van der Waals surface area contributed by atoms with Crippen LogP contribution in [0.5, 0.6) is 5.75 Å². The van der Waals surface area contributed by atoms with Crippen LogP contribution in [0.2, 0.25) is 5.02 Å².